The molecule has 0 fully saturated rings. The SMILES string of the molecule is CCc1cccc(CNCC(OC(=O)C2(C)OCc3ccccc3-n3cccc32)C(N)Cc2cc(F)cc(F)c2)c1. The van der Waals surface area contributed by atoms with E-state index in [4.69, 9.17) is 15.2 Å². The molecule has 3 unspecified atom stereocenters. The van der Waals surface area contributed by atoms with Crippen molar-refractivity contribution in [1.82, 2.24) is 9.88 Å². The van der Waals surface area contributed by atoms with Crippen molar-refractivity contribution in [3.05, 3.63) is 125 Å². The lowest BCUT2D eigenvalue weighted by Gasteiger charge is -2.31. The van der Waals surface area contributed by atoms with Crippen molar-refractivity contribution in [3.8, 4) is 5.69 Å². The van der Waals surface area contributed by atoms with E-state index < -0.39 is 35.4 Å². The molecule has 3 aromatic carbocycles. The molecule has 8 heteroatoms. The Morgan fingerprint density at radius 3 is 2.56 bits per heavy atom. The Kier molecular flexibility index (Phi) is 8.63. The maximum Gasteiger partial charge on any atom is 0.344 e. The molecule has 3 atom stereocenters. The zero-order valence-electron chi connectivity index (χ0n) is 23.3. The fraction of sp³-hybridized carbons (Fsp3) is 0.303. The van der Waals surface area contributed by atoms with Gasteiger partial charge in [0.05, 0.1) is 18.0 Å². The van der Waals surface area contributed by atoms with Crippen LogP contribution < -0.4 is 11.1 Å². The molecule has 41 heavy (non-hydrogen) atoms. The first-order valence-corrected chi connectivity index (χ1v) is 13.9. The minimum Gasteiger partial charge on any atom is -0.457 e. The second-order valence-corrected chi connectivity index (χ2v) is 10.6. The van der Waals surface area contributed by atoms with Gasteiger partial charge in [0.15, 0.2) is 0 Å². The van der Waals surface area contributed by atoms with Crippen LogP contribution in [0.25, 0.3) is 5.69 Å². The lowest BCUT2D eigenvalue weighted by atomic mass is 9.99. The van der Waals surface area contributed by atoms with E-state index in [1.807, 2.05) is 59.3 Å². The number of rotatable bonds is 10. The number of benzene rings is 3. The predicted octanol–water partition coefficient (Wildman–Crippen LogP) is 5.33. The summed E-state index contributed by atoms with van der Waals surface area (Å²) in [6.07, 6.45) is 2.12. The van der Waals surface area contributed by atoms with E-state index in [-0.39, 0.29) is 19.6 Å². The summed E-state index contributed by atoms with van der Waals surface area (Å²) in [5.41, 5.74) is 10.3. The smallest absolute Gasteiger partial charge is 0.344 e. The van der Waals surface area contributed by atoms with Crippen LogP contribution in [0.3, 0.4) is 0 Å². The molecule has 0 saturated heterocycles. The predicted molar refractivity (Wildman–Crippen MR) is 153 cm³/mol. The average molecular weight is 560 g/mol. The van der Waals surface area contributed by atoms with Gasteiger partial charge in [-0.05, 0) is 66.8 Å². The van der Waals surface area contributed by atoms with Gasteiger partial charge in [-0.1, -0.05) is 49.4 Å². The summed E-state index contributed by atoms with van der Waals surface area (Å²) >= 11 is 0. The Morgan fingerprint density at radius 2 is 1.78 bits per heavy atom. The lowest BCUT2D eigenvalue weighted by Crippen LogP contribution is -2.49. The van der Waals surface area contributed by atoms with Crippen LogP contribution in [0.4, 0.5) is 8.78 Å². The molecule has 1 aliphatic heterocycles. The number of carbonyl (C=O) groups excluding carboxylic acids is 1. The van der Waals surface area contributed by atoms with Crippen molar-refractivity contribution in [3.63, 3.8) is 0 Å². The summed E-state index contributed by atoms with van der Waals surface area (Å²) in [7, 11) is 0. The Bertz CT molecular complexity index is 1500. The van der Waals surface area contributed by atoms with E-state index >= 15 is 0 Å². The van der Waals surface area contributed by atoms with Crippen LogP contribution in [-0.4, -0.2) is 29.2 Å². The molecular weight excluding hydrogens is 524 g/mol. The average Bonchev–Trinajstić information content (AvgIpc) is 3.41. The third-order valence-corrected chi connectivity index (χ3v) is 7.60. The minimum atomic E-state index is -1.42. The summed E-state index contributed by atoms with van der Waals surface area (Å²) in [5, 5.41) is 3.35. The van der Waals surface area contributed by atoms with Gasteiger partial charge in [-0.2, -0.15) is 0 Å². The molecule has 214 valence electrons. The zero-order valence-corrected chi connectivity index (χ0v) is 23.3. The third-order valence-electron chi connectivity index (χ3n) is 7.60. The molecular formula is C33H35F2N3O3. The number of nitrogens with two attached hydrogens (primary N) is 1. The second-order valence-electron chi connectivity index (χ2n) is 10.6. The molecule has 0 spiro atoms. The van der Waals surface area contributed by atoms with E-state index in [9.17, 15) is 13.6 Å². The van der Waals surface area contributed by atoms with E-state index in [1.165, 1.54) is 17.7 Å². The van der Waals surface area contributed by atoms with Gasteiger partial charge in [-0.3, -0.25) is 0 Å². The fourth-order valence-corrected chi connectivity index (χ4v) is 5.29. The van der Waals surface area contributed by atoms with Gasteiger partial charge in [0.1, 0.15) is 17.7 Å². The van der Waals surface area contributed by atoms with Crippen LogP contribution in [0.1, 0.15) is 41.8 Å². The number of nitrogens with one attached hydrogen (secondary N) is 1. The van der Waals surface area contributed by atoms with E-state index in [1.54, 1.807) is 6.92 Å². The highest BCUT2D eigenvalue weighted by atomic mass is 19.1. The maximum absolute atomic E-state index is 13.9. The molecule has 5 rings (SSSR count). The molecule has 0 bridgehead atoms. The van der Waals surface area contributed by atoms with Gasteiger partial charge in [0.2, 0.25) is 5.60 Å². The van der Waals surface area contributed by atoms with Crippen LogP contribution >= 0.6 is 0 Å². The number of para-hydroxylation sites is 1. The number of fused-ring (bicyclic) bond motifs is 3. The van der Waals surface area contributed by atoms with Crippen molar-refractivity contribution in [2.24, 2.45) is 5.73 Å². The van der Waals surface area contributed by atoms with Gasteiger partial charge in [-0.15, -0.1) is 0 Å². The maximum atomic E-state index is 13.9. The van der Waals surface area contributed by atoms with Crippen LogP contribution in [0.2, 0.25) is 0 Å². The van der Waals surface area contributed by atoms with Crippen molar-refractivity contribution in [2.45, 2.75) is 57.6 Å². The monoisotopic (exact) mass is 559 g/mol. The molecule has 6 nitrogen and oxygen atoms in total. The Morgan fingerprint density at radius 1 is 1.02 bits per heavy atom. The lowest BCUT2D eigenvalue weighted by molar-refractivity contribution is -0.180. The van der Waals surface area contributed by atoms with E-state index in [0.29, 0.717) is 17.8 Å². The van der Waals surface area contributed by atoms with Crippen LogP contribution in [0, 0.1) is 11.6 Å². The molecule has 1 aromatic heterocycles. The summed E-state index contributed by atoms with van der Waals surface area (Å²) in [4.78, 5) is 13.9. The Labute approximate surface area is 239 Å². The quantitative estimate of drug-likeness (QED) is 0.257. The third kappa shape index (κ3) is 6.40. The number of nitrogens with zero attached hydrogens (tertiary/aromatic N) is 1. The van der Waals surface area contributed by atoms with Gasteiger partial charge in [0, 0.05) is 37.0 Å². The molecule has 1 aliphatic rings. The summed E-state index contributed by atoms with van der Waals surface area (Å²) < 4.78 is 42.1. The topological polar surface area (TPSA) is 78.5 Å². The Hall–Kier alpha value is -3.85. The first kappa shape index (κ1) is 28.7. The molecule has 0 amide bonds. The van der Waals surface area contributed by atoms with Crippen molar-refractivity contribution in [2.75, 3.05) is 6.54 Å². The van der Waals surface area contributed by atoms with Crippen LogP contribution in [-0.2, 0) is 45.9 Å². The summed E-state index contributed by atoms with van der Waals surface area (Å²) in [6, 6.07) is 22.3. The van der Waals surface area contributed by atoms with Crippen molar-refractivity contribution in [1.29, 1.82) is 0 Å². The van der Waals surface area contributed by atoms with Gasteiger partial charge in [-0.25, -0.2) is 13.6 Å². The number of esters is 1. The van der Waals surface area contributed by atoms with Gasteiger partial charge < -0.3 is 25.1 Å². The highest BCUT2D eigenvalue weighted by Crippen LogP contribution is 2.35. The number of hydrogen-bond donors (Lipinski definition) is 2. The van der Waals surface area contributed by atoms with Gasteiger partial charge >= 0.3 is 5.97 Å². The van der Waals surface area contributed by atoms with Gasteiger partial charge in [0.25, 0.3) is 0 Å². The van der Waals surface area contributed by atoms with Crippen molar-refractivity contribution >= 4 is 5.97 Å². The molecule has 3 N–H and O–H groups in total. The molecule has 0 radical (unpaired) electrons. The summed E-state index contributed by atoms with van der Waals surface area (Å²) in [5.74, 6) is -1.96. The number of halogens is 2. The van der Waals surface area contributed by atoms with E-state index in [0.717, 1.165) is 29.3 Å². The molecule has 2 heterocycles. The summed E-state index contributed by atoms with van der Waals surface area (Å²) in [6.45, 7) is 4.78. The first-order valence-electron chi connectivity index (χ1n) is 13.9. The molecule has 0 aliphatic carbocycles. The van der Waals surface area contributed by atoms with Crippen LogP contribution in [0.15, 0.2) is 85.1 Å². The number of ether oxygens (including phenoxy) is 2. The van der Waals surface area contributed by atoms with Crippen LogP contribution in [0.5, 0.6) is 0 Å². The highest BCUT2D eigenvalue weighted by Gasteiger charge is 2.44. The fourth-order valence-electron chi connectivity index (χ4n) is 5.29. The number of aryl methyl sites for hydroxylation is 1. The number of carbonyl (C=O) groups is 1. The normalized spacial score (nSPS) is 17.7. The largest absolute Gasteiger partial charge is 0.457 e. The second kappa shape index (κ2) is 12.3. The molecule has 0 saturated carbocycles. The van der Waals surface area contributed by atoms with Crippen molar-refractivity contribution < 1.29 is 23.0 Å². The number of hydrogen-bond acceptors (Lipinski definition) is 5. The zero-order chi connectivity index (χ0) is 29.0. The highest BCUT2D eigenvalue weighted by molar-refractivity contribution is 5.81. The molecule has 4 aromatic rings. The minimum absolute atomic E-state index is 0.110. The standard InChI is InChI=1S/C33H35F2N3O3/c1-3-22-8-6-9-23(14-22)19-37-20-30(28(36)17-24-15-26(34)18-27(35)16-24)41-32(39)33(2)31-12-7-13-38(31)29-11-5-4-10-25(29)21-40-33/h4-16,18,28,30,37H,3,17,19-21,36H2,1-2H3. The first-order chi connectivity index (χ1) is 19.8. The Balaban J connectivity index is 1.37. The number of aromatic nitrogens is 1. The van der Waals surface area contributed by atoms with E-state index in [2.05, 4.69) is 24.4 Å².